The molecule has 0 amide bonds. The first-order chi connectivity index (χ1) is 13.3. The fourth-order valence-corrected chi connectivity index (χ4v) is 3.71. The molecule has 0 fully saturated rings. The molecule has 0 saturated carbocycles. The molecule has 0 aliphatic heterocycles. The number of rotatable bonds is 3. The van der Waals surface area contributed by atoms with Gasteiger partial charge >= 0.3 is 0 Å². The topological polar surface area (TPSA) is 70.9 Å². The van der Waals surface area contributed by atoms with Crippen LogP contribution in [0.25, 0.3) is 22.3 Å². The molecule has 5 heteroatoms. The van der Waals surface area contributed by atoms with Crippen LogP contribution in [-0.2, 0) is 6.42 Å². The van der Waals surface area contributed by atoms with Crippen molar-refractivity contribution in [3.8, 4) is 11.4 Å². The van der Waals surface area contributed by atoms with E-state index in [1.54, 1.807) is 12.4 Å². The van der Waals surface area contributed by atoms with Gasteiger partial charge in [0.25, 0.3) is 0 Å². The normalized spacial score (nSPS) is 18.4. The van der Waals surface area contributed by atoms with Crippen LogP contribution in [0, 0.1) is 0 Å². The Morgan fingerprint density at radius 3 is 2.56 bits per heavy atom. The van der Waals surface area contributed by atoms with Gasteiger partial charge in [-0.3, -0.25) is 4.98 Å². The highest BCUT2D eigenvalue weighted by Gasteiger charge is 2.31. The molecule has 1 aliphatic carbocycles. The summed E-state index contributed by atoms with van der Waals surface area (Å²) >= 11 is 0. The average Bonchev–Trinajstić information content (AvgIpc) is 3.04. The third kappa shape index (κ3) is 2.82. The maximum absolute atomic E-state index is 10.6. The summed E-state index contributed by atoms with van der Waals surface area (Å²) in [6.07, 6.45) is 3.63. The van der Waals surface area contributed by atoms with Gasteiger partial charge in [0, 0.05) is 29.8 Å². The van der Waals surface area contributed by atoms with Crippen molar-refractivity contribution in [2.75, 3.05) is 5.32 Å². The van der Waals surface area contributed by atoms with Crippen LogP contribution in [0.15, 0.2) is 73.1 Å². The predicted octanol–water partition coefficient (Wildman–Crippen LogP) is 3.76. The number of nitrogens with zero attached hydrogens (tertiary/aromatic N) is 3. The summed E-state index contributed by atoms with van der Waals surface area (Å²) in [4.78, 5) is 13.6. The Morgan fingerprint density at radius 2 is 1.67 bits per heavy atom. The van der Waals surface area contributed by atoms with Crippen molar-refractivity contribution in [3.63, 3.8) is 0 Å². The van der Waals surface area contributed by atoms with Gasteiger partial charge in [0.05, 0.1) is 17.7 Å². The summed E-state index contributed by atoms with van der Waals surface area (Å²) in [5, 5.41) is 15.0. The summed E-state index contributed by atoms with van der Waals surface area (Å²) in [6, 6.07) is 19.7. The van der Waals surface area contributed by atoms with Crippen molar-refractivity contribution in [1.29, 1.82) is 0 Å². The number of benzene rings is 2. The lowest BCUT2D eigenvalue weighted by Crippen LogP contribution is -2.22. The maximum Gasteiger partial charge on any atom is 0.162 e. The third-order valence-corrected chi connectivity index (χ3v) is 5.04. The van der Waals surface area contributed by atoms with E-state index in [2.05, 4.69) is 22.4 Å². The molecule has 0 spiro atoms. The molecule has 4 aromatic rings. The highest BCUT2D eigenvalue weighted by atomic mass is 16.3. The molecule has 0 radical (unpaired) electrons. The Balaban J connectivity index is 1.62. The van der Waals surface area contributed by atoms with Crippen LogP contribution in [0.2, 0.25) is 0 Å². The molecule has 1 aliphatic rings. The van der Waals surface area contributed by atoms with Crippen LogP contribution < -0.4 is 5.32 Å². The fourth-order valence-electron chi connectivity index (χ4n) is 3.71. The summed E-state index contributed by atoms with van der Waals surface area (Å²) < 4.78 is 0. The number of hydrogen-bond acceptors (Lipinski definition) is 5. The lowest BCUT2D eigenvalue weighted by atomic mass is 10.1. The molecule has 0 saturated heterocycles. The van der Waals surface area contributed by atoms with E-state index in [1.807, 2.05) is 48.5 Å². The van der Waals surface area contributed by atoms with Gasteiger partial charge in [-0.1, -0.05) is 36.4 Å². The van der Waals surface area contributed by atoms with Crippen LogP contribution in [0.5, 0.6) is 0 Å². The van der Waals surface area contributed by atoms with Crippen LogP contribution in [0.3, 0.4) is 0 Å². The summed E-state index contributed by atoms with van der Waals surface area (Å²) in [6.45, 7) is 0. The second kappa shape index (κ2) is 6.45. The molecule has 132 valence electrons. The van der Waals surface area contributed by atoms with Crippen molar-refractivity contribution in [3.05, 3.63) is 84.2 Å². The Hall–Kier alpha value is -3.31. The smallest absolute Gasteiger partial charge is 0.162 e. The zero-order valence-corrected chi connectivity index (χ0v) is 14.6. The zero-order valence-electron chi connectivity index (χ0n) is 14.6. The van der Waals surface area contributed by atoms with Crippen LogP contribution in [0.4, 0.5) is 5.82 Å². The van der Waals surface area contributed by atoms with Crippen LogP contribution in [-0.4, -0.2) is 26.2 Å². The third-order valence-electron chi connectivity index (χ3n) is 5.04. The minimum absolute atomic E-state index is 0.190. The first-order valence-corrected chi connectivity index (χ1v) is 8.99. The van der Waals surface area contributed by atoms with E-state index >= 15 is 0 Å². The molecule has 2 atom stereocenters. The Morgan fingerprint density at radius 1 is 0.889 bits per heavy atom. The minimum Gasteiger partial charge on any atom is -0.390 e. The number of pyridine rings is 1. The van der Waals surface area contributed by atoms with Crippen molar-refractivity contribution in [2.45, 2.75) is 18.6 Å². The van der Waals surface area contributed by atoms with Crippen molar-refractivity contribution < 1.29 is 5.11 Å². The van der Waals surface area contributed by atoms with E-state index in [1.165, 1.54) is 5.56 Å². The van der Waals surface area contributed by atoms with E-state index in [-0.39, 0.29) is 6.04 Å². The number of aliphatic hydroxyl groups is 1. The van der Waals surface area contributed by atoms with E-state index in [0.717, 1.165) is 27.8 Å². The lowest BCUT2D eigenvalue weighted by molar-refractivity contribution is 0.165. The molecule has 0 bridgehead atoms. The molecule has 2 heterocycles. The number of hydrogen-bond donors (Lipinski definition) is 2. The van der Waals surface area contributed by atoms with Crippen molar-refractivity contribution in [2.24, 2.45) is 0 Å². The largest absolute Gasteiger partial charge is 0.390 e. The van der Waals surface area contributed by atoms with Crippen LogP contribution >= 0.6 is 0 Å². The number of fused-ring (bicyclic) bond motifs is 2. The Kier molecular flexibility index (Phi) is 3.80. The molecule has 2 aromatic carbocycles. The maximum atomic E-state index is 10.6. The van der Waals surface area contributed by atoms with E-state index in [9.17, 15) is 5.11 Å². The number of para-hydroxylation sites is 1. The van der Waals surface area contributed by atoms with Gasteiger partial charge in [0.15, 0.2) is 5.82 Å². The van der Waals surface area contributed by atoms with E-state index < -0.39 is 6.10 Å². The molecule has 5 rings (SSSR count). The van der Waals surface area contributed by atoms with Crippen molar-refractivity contribution in [1.82, 2.24) is 15.0 Å². The van der Waals surface area contributed by atoms with Gasteiger partial charge in [-0.15, -0.1) is 0 Å². The first kappa shape index (κ1) is 15.9. The van der Waals surface area contributed by atoms with E-state index in [4.69, 9.17) is 9.97 Å². The highest BCUT2D eigenvalue weighted by Crippen LogP contribution is 2.35. The second-order valence-corrected chi connectivity index (χ2v) is 6.74. The van der Waals surface area contributed by atoms with Gasteiger partial charge in [-0.25, -0.2) is 9.97 Å². The molecule has 2 N–H and O–H groups in total. The quantitative estimate of drug-likeness (QED) is 0.586. The monoisotopic (exact) mass is 354 g/mol. The summed E-state index contributed by atoms with van der Waals surface area (Å²) in [7, 11) is 0. The summed E-state index contributed by atoms with van der Waals surface area (Å²) in [5.41, 5.74) is 4.07. The molecule has 27 heavy (non-hydrogen) atoms. The number of aliphatic hydroxyl groups excluding tert-OH is 1. The first-order valence-electron chi connectivity index (χ1n) is 8.99. The number of nitrogens with one attached hydrogen (secondary N) is 1. The number of anilines is 1. The fraction of sp³-hybridized carbons (Fsp3) is 0.136. The summed E-state index contributed by atoms with van der Waals surface area (Å²) in [5.74, 6) is 1.37. The van der Waals surface area contributed by atoms with Gasteiger partial charge in [0.1, 0.15) is 5.82 Å². The second-order valence-electron chi connectivity index (χ2n) is 6.74. The Labute approximate surface area is 156 Å². The van der Waals surface area contributed by atoms with E-state index in [0.29, 0.717) is 12.2 Å². The lowest BCUT2D eigenvalue weighted by Gasteiger charge is -2.20. The molecular formula is C22H18N4O. The molecular weight excluding hydrogens is 336 g/mol. The van der Waals surface area contributed by atoms with Gasteiger partial charge in [-0.05, 0) is 35.4 Å². The average molecular weight is 354 g/mol. The number of aromatic nitrogens is 3. The SMILES string of the molecule is O[C@@H]1Cc2ccccc2[C@@H]1Nc1nc(-c2ccncc2)nc2ccccc12. The predicted molar refractivity (Wildman–Crippen MR) is 105 cm³/mol. The molecule has 5 nitrogen and oxygen atoms in total. The van der Waals surface area contributed by atoms with Crippen molar-refractivity contribution >= 4 is 16.7 Å². The minimum atomic E-state index is -0.486. The molecule has 0 unspecified atom stereocenters. The molecule has 2 aromatic heterocycles. The Bertz CT molecular complexity index is 1110. The van der Waals surface area contributed by atoms with Gasteiger partial charge in [0.2, 0.25) is 0 Å². The van der Waals surface area contributed by atoms with Gasteiger partial charge in [-0.2, -0.15) is 0 Å². The zero-order chi connectivity index (χ0) is 18.2. The highest BCUT2D eigenvalue weighted by molar-refractivity contribution is 5.90. The van der Waals surface area contributed by atoms with Gasteiger partial charge < -0.3 is 10.4 Å². The van der Waals surface area contributed by atoms with Crippen LogP contribution in [0.1, 0.15) is 17.2 Å². The standard InChI is InChI=1S/C22H18N4O/c27-19-13-15-5-1-2-6-16(15)20(19)25-22-17-7-3-4-8-18(17)24-21(26-22)14-9-11-23-12-10-14/h1-12,19-20,27H,13H2,(H,24,25,26)/t19-,20+/m1/s1.